The number of hydrogen-bond acceptors (Lipinski definition) is 7. The van der Waals surface area contributed by atoms with E-state index in [2.05, 4.69) is 51.2 Å². The molecule has 0 aliphatic rings. The minimum absolute atomic E-state index is 0.318. The first-order valence-corrected chi connectivity index (χ1v) is 15.6. The number of hydrazone groups is 1. The molecule has 1 amide bonds. The van der Waals surface area contributed by atoms with Crippen LogP contribution in [0.3, 0.4) is 0 Å². The highest BCUT2D eigenvalue weighted by atomic mass is 35.5. The number of benzene rings is 5. The molecule has 1 aromatic heterocycles. The van der Waals surface area contributed by atoms with Gasteiger partial charge in [-0.15, -0.1) is 11.3 Å². The second-order valence-electron chi connectivity index (χ2n) is 10.1. The van der Waals surface area contributed by atoms with E-state index in [-0.39, 0.29) is 5.91 Å². The maximum absolute atomic E-state index is 12.7. The number of aromatic nitrogens is 1. The average molecular weight is 633 g/mol. The number of ether oxygens (including phenoxy) is 2. The molecule has 224 valence electrons. The predicted octanol–water partition coefficient (Wildman–Crippen LogP) is 9.10. The minimum atomic E-state index is -0.318. The summed E-state index contributed by atoms with van der Waals surface area (Å²) >= 11 is 7.46. The van der Waals surface area contributed by atoms with Gasteiger partial charge in [-0.2, -0.15) is 5.10 Å². The molecule has 0 aliphatic carbocycles. The van der Waals surface area contributed by atoms with Crippen molar-refractivity contribution in [3.8, 4) is 22.8 Å². The van der Waals surface area contributed by atoms with E-state index in [1.54, 1.807) is 18.3 Å². The maximum atomic E-state index is 12.7. The number of hydrogen-bond donors (Lipinski definition) is 2. The Morgan fingerprint density at radius 1 is 0.889 bits per heavy atom. The first kappa shape index (κ1) is 29.9. The summed E-state index contributed by atoms with van der Waals surface area (Å²) in [6.45, 7) is 2.82. The van der Waals surface area contributed by atoms with Crippen LogP contribution in [0.1, 0.15) is 28.4 Å². The van der Waals surface area contributed by atoms with Crippen molar-refractivity contribution in [2.45, 2.75) is 13.5 Å². The quantitative estimate of drug-likeness (QED) is 0.110. The Kier molecular flexibility index (Phi) is 9.34. The van der Waals surface area contributed by atoms with E-state index in [1.165, 1.54) is 22.1 Å². The number of rotatable bonds is 11. The molecule has 0 bridgehead atoms. The van der Waals surface area contributed by atoms with E-state index in [1.807, 2.05) is 79.0 Å². The van der Waals surface area contributed by atoms with E-state index in [0.717, 1.165) is 33.2 Å². The summed E-state index contributed by atoms with van der Waals surface area (Å²) in [7, 11) is 0. The molecular formula is C36H29ClN4O3S. The monoisotopic (exact) mass is 632 g/mol. The highest BCUT2D eigenvalue weighted by molar-refractivity contribution is 7.14. The number of nitrogens with one attached hydrogen (secondary N) is 2. The molecule has 0 unspecified atom stereocenters. The number of carbonyl (C=O) groups excluding carboxylic acids is 1. The van der Waals surface area contributed by atoms with Gasteiger partial charge in [0.25, 0.3) is 5.91 Å². The Labute approximate surface area is 270 Å². The molecular weight excluding hydrogens is 604 g/mol. The van der Waals surface area contributed by atoms with Gasteiger partial charge in [0, 0.05) is 27.2 Å². The second-order valence-corrected chi connectivity index (χ2v) is 11.4. The minimum Gasteiger partial charge on any atom is -0.490 e. The first-order chi connectivity index (χ1) is 22.0. The Morgan fingerprint density at radius 3 is 2.49 bits per heavy atom. The number of fused-ring (bicyclic) bond motifs is 1. The van der Waals surface area contributed by atoms with E-state index in [4.69, 9.17) is 21.1 Å². The van der Waals surface area contributed by atoms with Crippen LogP contribution in [0, 0.1) is 0 Å². The molecule has 6 rings (SSSR count). The lowest BCUT2D eigenvalue weighted by Gasteiger charge is -2.13. The van der Waals surface area contributed by atoms with Gasteiger partial charge < -0.3 is 14.8 Å². The SMILES string of the molecule is CCOc1cc(/C=N\NC(=O)c2ccc(-c3csc(Nc4ccc(Cl)cc4)n3)cc2)ccc1OCc1ccc2ccccc2c1. The highest BCUT2D eigenvalue weighted by Gasteiger charge is 2.10. The highest BCUT2D eigenvalue weighted by Crippen LogP contribution is 2.30. The fourth-order valence-electron chi connectivity index (χ4n) is 4.62. The zero-order valence-corrected chi connectivity index (χ0v) is 25.9. The maximum Gasteiger partial charge on any atom is 0.271 e. The smallest absolute Gasteiger partial charge is 0.271 e. The van der Waals surface area contributed by atoms with Gasteiger partial charge in [-0.1, -0.05) is 60.1 Å². The first-order valence-electron chi connectivity index (χ1n) is 14.3. The molecule has 0 spiro atoms. The summed E-state index contributed by atoms with van der Waals surface area (Å²) in [5.41, 5.74) is 7.54. The van der Waals surface area contributed by atoms with E-state index in [0.29, 0.717) is 35.3 Å². The Hall–Kier alpha value is -5.18. The molecule has 7 nitrogen and oxygen atoms in total. The van der Waals surface area contributed by atoms with Crippen LogP contribution in [0.2, 0.25) is 5.02 Å². The van der Waals surface area contributed by atoms with Crippen LogP contribution in [0.4, 0.5) is 10.8 Å². The molecule has 0 saturated heterocycles. The number of halogens is 1. The number of nitrogens with zero attached hydrogens (tertiary/aromatic N) is 2. The van der Waals surface area contributed by atoms with Crippen LogP contribution < -0.4 is 20.2 Å². The van der Waals surface area contributed by atoms with Gasteiger partial charge in [0.1, 0.15) is 6.61 Å². The van der Waals surface area contributed by atoms with Crippen molar-refractivity contribution >= 4 is 56.7 Å². The molecule has 0 radical (unpaired) electrons. The van der Waals surface area contributed by atoms with Crippen LogP contribution in [0.15, 0.2) is 120 Å². The standard InChI is InChI=1S/C36H29ClN4O3S/c1-2-43-34-20-24(8-18-33(34)44-22-25-7-9-26-5-3-4-6-29(26)19-25)21-38-41-35(42)28-12-10-27(11-13-28)32-23-45-36(40-32)39-31-16-14-30(37)15-17-31/h3-21,23H,2,22H2,1H3,(H,39,40)(H,41,42)/b38-21-. The molecule has 1 heterocycles. The van der Waals surface area contributed by atoms with Gasteiger partial charge in [0.15, 0.2) is 16.6 Å². The third-order valence-corrected chi connectivity index (χ3v) is 7.91. The molecule has 9 heteroatoms. The van der Waals surface area contributed by atoms with Crippen LogP contribution >= 0.6 is 22.9 Å². The van der Waals surface area contributed by atoms with E-state index < -0.39 is 0 Å². The molecule has 0 saturated carbocycles. The van der Waals surface area contributed by atoms with E-state index in [9.17, 15) is 4.79 Å². The topological polar surface area (TPSA) is 84.8 Å². The summed E-state index contributed by atoms with van der Waals surface area (Å²) < 4.78 is 11.9. The lowest BCUT2D eigenvalue weighted by atomic mass is 10.1. The van der Waals surface area contributed by atoms with E-state index >= 15 is 0 Å². The molecule has 0 fully saturated rings. The summed E-state index contributed by atoms with van der Waals surface area (Å²) in [5.74, 6) is 0.929. The van der Waals surface area contributed by atoms with Crippen LogP contribution in [-0.4, -0.2) is 23.7 Å². The summed E-state index contributed by atoms with van der Waals surface area (Å²) in [4.78, 5) is 17.4. The third-order valence-electron chi connectivity index (χ3n) is 6.90. The van der Waals surface area contributed by atoms with Crippen molar-refractivity contribution in [3.05, 3.63) is 136 Å². The van der Waals surface area contributed by atoms with Gasteiger partial charge >= 0.3 is 0 Å². The fraction of sp³-hybridized carbons (Fsp3) is 0.0833. The van der Waals surface area contributed by atoms with Crippen molar-refractivity contribution < 1.29 is 14.3 Å². The zero-order chi connectivity index (χ0) is 31.0. The molecule has 2 N–H and O–H groups in total. The van der Waals surface area contributed by atoms with Crippen molar-refractivity contribution in [2.75, 3.05) is 11.9 Å². The summed E-state index contributed by atoms with van der Waals surface area (Å²) in [5, 5.41) is 13.2. The van der Waals surface area contributed by atoms with Crippen LogP contribution in [0.5, 0.6) is 11.5 Å². The molecule has 6 aromatic rings. The Balaban J connectivity index is 1.05. The van der Waals surface area contributed by atoms with Gasteiger partial charge in [-0.05, 0) is 89.5 Å². The number of anilines is 2. The predicted molar refractivity (Wildman–Crippen MR) is 183 cm³/mol. The lowest BCUT2D eigenvalue weighted by Crippen LogP contribution is -2.17. The summed E-state index contributed by atoms with van der Waals surface area (Å²) in [6, 6.07) is 34.8. The molecule has 45 heavy (non-hydrogen) atoms. The van der Waals surface area contributed by atoms with Crippen LogP contribution in [0.25, 0.3) is 22.0 Å². The van der Waals surface area contributed by atoms with Gasteiger partial charge in [-0.3, -0.25) is 4.79 Å². The second kappa shape index (κ2) is 14.1. The van der Waals surface area contributed by atoms with Gasteiger partial charge in [0.2, 0.25) is 0 Å². The summed E-state index contributed by atoms with van der Waals surface area (Å²) in [6.07, 6.45) is 1.58. The number of thiazole rings is 1. The molecule has 0 atom stereocenters. The van der Waals surface area contributed by atoms with Crippen molar-refractivity contribution in [2.24, 2.45) is 5.10 Å². The normalized spacial score (nSPS) is 11.1. The Morgan fingerprint density at radius 2 is 1.69 bits per heavy atom. The molecule has 0 aliphatic heterocycles. The fourth-order valence-corrected chi connectivity index (χ4v) is 5.49. The van der Waals surface area contributed by atoms with Crippen LogP contribution in [-0.2, 0) is 6.61 Å². The largest absolute Gasteiger partial charge is 0.490 e. The lowest BCUT2D eigenvalue weighted by molar-refractivity contribution is 0.0955. The van der Waals surface area contributed by atoms with Crippen molar-refractivity contribution in [1.82, 2.24) is 10.4 Å². The third kappa shape index (κ3) is 7.67. The van der Waals surface area contributed by atoms with Crippen molar-refractivity contribution in [1.29, 1.82) is 0 Å². The van der Waals surface area contributed by atoms with Gasteiger partial charge in [-0.25, -0.2) is 10.4 Å². The molecule has 5 aromatic carbocycles. The number of carbonyl (C=O) groups is 1. The Bertz CT molecular complexity index is 1960. The zero-order valence-electron chi connectivity index (χ0n) is 24.4. The van der Waals surface area contributed by atoms with Gasteiger partial charge in [0.05, 0.1) is 18.5 Å². The number of amides is 1. The average Bonchev–Trinajstić information content (AvgIpc) is 3.54. The van der Waals surface area contributed by atoms with Crippen molar-refractivity contribution in [3.63, 3.8) is 0 Å².